The summed E-state index contributed by atoms with van der Waals surface area (Å²) in [4.78, 5) is 10.5. The molecule has 0 aromatic heterocycles. The van der Waals surface area contributed by atoms with Crippen molar-refractivity contribution in [3.8, 4) is 0 Å². The van der Waals surface area contributed by atoms with Crippen molar-refractivity contribution in [2.45, 2.75) is 32.3 Å². The molecule has 3 heteroatoms. The number of hydrogen-bond acceptors (Lipinski definition) is 2. The lowest BCUT2D eigenvalue weighted by atomic mass is 9.91. The number of carboxylic acid groups (broad SMARTS) is 1. The molecule has 0 aliphatic heterocycles. The largest absolute Gasteiger partial charge is 0.481 e. The summed E-state index contributed by atoms with van der Waals surface area (Å²) in [5.41, 5.74) is 0. The second-order valence-corrected chi connectivity index (χ2v) is 3.29. The number of hydrogen-bond donors (Lipinski definition) is 2. The van der Waals surface area contributed by atoms with Gasteiger partial charge in [0.25, 0.3) is 0 Å². The Balaban J connectivity index is 2.52. The molecule has 0 saturated heterocycles. The number of aliphatic hydroxyl groups excluding tert-OH is 1. The number of carboxylic acids is 1. The van der Waals surface area contributed by atoms with Gasteiger partial charge in [-0.3, -0.25) is 4.79 Å². The summed E-state index contributed by atoms with van der Waals surface area (Å²) in [6.45, 7) is 1.67. The Labute approximate surface area is 66.0 Å². The van der Waals surface area contributed by atoms with Crippen LogP contribution >= 0.6 is 0 Å². The first-order valence-electron chi connectivity index (χ1n) is 4.04. The van der Waals surface area contributed by atoms with Crippen LogP contribution in [0.4, 0.5) is 0 Å². The van der Waals surface area contributed by atoms with E-state index < -0.39 is 11.9 Å². The molecule has 0 bridgehead atoms. The molecule has 64 valence electrons. The Kier molecular flexibility index (Phi) is 2.49. The zero-order chi connectivity index (χ0) is 8.43. The van der Waals surface area contributed by atoms with Crippen molar-refractivity contribution >= 4 is 5.97 Å². The van der Waals surface area contributed by atoms with Crippen LogP contribution in [0.2, 0.25) is 0 Å². The van der Waals surface area contributed by atoms with Gasteiger partial charge in [-0.05, 0) is 18.8 Å². The Morgan fingerprint density at radius 3 is 2.55 bits per heavy atom. The summed E-state index contributed by atoms with van der Waals surface area (Å²) in [5.74, 6) is -1.21. The van der Waals surface area contributed by atoms with Crippen molar-refractivity contribution in [3.05, 3.63) is 0 Å². The van der Waals surface area contributed by atoms with Gasteiger partial charge in [-0.15, -0.1) is 0 Å². The SMILES string of the molecule is CC(C(=O)O)C1CCCC1O. The molecule has 3 atom stereocenters. The van der Waals surface area contributed by atoms with E-state index in [1.54, 1.807) is 6.92 Å². The highest BCUT2D eigenvalue weighted by Gasteiger charge is 2.33. The molecule has 0 aromatic rings. The first-order valence-corrected chi connectivity index (χ1v) is 4.04. The average Bonchev–Trinajstić information content (AvgIpc) is 2.33. The third-order valence-corrected chi connectivity index (χ3v) is 2.56. The number of carbonyl (C=O) groups is 1. The van der Waals surface area contributed by atoms with Crippen LogP contribution in [0.25, 0.3) is 0 Å². The molecule has 3 unspecified atom stereocenters. The van der Waals surface area contributed by atoms with Gasteiger partial charge in [0.05, 0.1) is 12.0 Å². The van der Waals surface area contributed by atoms with Gasteiger partial charge in [-0.1, -0.05) is 13.3 Å². The predicted octanol–water partition coefficient (Wildman–Crippen LogP) is 0.868. The molecule has 0 heterocycles. The molecule has 1 aliphatic rings. The molecule has 0 spiro atoms. The van der Waals surface area contributed by atoms with Gasteiger partial charge in [-0.25, -0.2) is 0 Å². The zero-order valence-electron chi connectivity index (χ0n) is 6.66. The summed E-state index contributed by atoms with van der Waals surface area (Å²) in [6.07, 6.45) is 2.20. The minimum absolute atomic E-state index is 0.0208. The quantitative estimate of drug-likeness (QED) is 0.627. The van der Waals surface area contributed by atoms with Gasteiger partial charge in [0.15, 0.2) is 0 Å². The van der Waals surface area contributed by atoms with E-state index >= 15 is 0 Å². The smallest absolute Gasteiger partial charge is 0.306 e. The maximum absolute atomic E-state index is 10.5. The van der Waals surface area contributed by atoms with Crippen LogP contribution < -0.4 is 0 Å². The van der Waals surface area contributed by atoms with Crippen molar-refractivity contribution in [1.82, 2.24) is 0 Å². The number of aliphatic carboxylic acids is 1. The summed E-state index contributed by atoms with van der Waals surface area (Å²) >= 11 is 0. The van der Waals surface area contributed by atoms with E-state index in [4.69, 9.17) is 5.11 Å². The second kappa shape index (κ2) is 3.22. The fourth-order valence-corrected chi connectivity index (χ4v) is 1.74. The minimum atomic E-state index is -0.795. The topological polar surface area (TPSA) is 57.5 Å². The highest BCUT2D eigenvalue weighted by atomic mass is 16.4. The lowest BCUT2D eigenvalue weighted by molar-refractivity contribution is -0.144. The molecule has 1 rings (SSSR count). The minimum Gasteiger partial charge on any atom is -0.481 e. The molecule has 3 nitrogen and oxygen atoms in total. The van der Waals surface area contributed by atoms with Crippen molar-refractivity contribution < 1.29 is 15.0 Å². The van der Waals surface area contributed by atoms with E-state index in [-0.39, 0.29) is 12.0 Å². The van der Waals surface area contributed by atoms with E-state index in [0.717, 1.165) is 19.3 Å². The molecule has 0 aromatic carbocycles. The monoisotopic (exact) mass is 158 g/mol. The summed E-state index contributed by atoms with van der Waals surface area (Å²) in [7, 11) is 0. The van der Waals surface area contributed by atoms with Crippen LogP contribution in [0.1, 0.15) is 26.2 Å². The van der Waals surface area contributed by atoms with Crippen LogP contribution in [0.5, 0.6) is 0 Å². The fourth-order valence-electron chi connectivity index (χ4n) is 1.74. The summed E-state index contributed by atoms with van der Waals surface area (Å²) in [5, 5.41) is 18.0. The first kappa shape index (κ1) is 8.53. The molecular weight excluding hydrogens is 144 g/mol. The second-order valence-electron chi connectivity index (χ2n) is 3.29. The fraction of sp³-hybridized carbons (Fsp3) is 0.875. The molecule has 1 saturated carbocycles. The maximum atomic E-state index is 10.5. The first-order chi connectivity index (χ1) is 5.13. The highest BCUT2D eigenvalue weighted by molar-refractivity contribution is 5.70. The number of aliphatic hydroxyl groups is 1. The lowest BCUT2D eigenvalue weighted by Crippen LogP contribution is -2.26. The Morgan fingerprint density at radius 1 is 1.55 bits per heavy atom. The molecule has 1 aliphatic carbocycles. The van der Waals surface area contributed by atoms with Crippen molar-refractivity contribution in [3.63, 3.8) is 0 Å². The van der Waals surface area contributed by atoms with Gasteiger partial charge in [0, 0.05) is 0 Å². The number of rotatable bonds is 2. The Morgan fingerprint density at radius 2 is 2.18 bits per heavy atom. The highest BCUT2D eigenvalue weighted by Crippen LogP contribution is 2.31. The van der Waals surface area contributed by atoms with E-state index in [0.29, 0.717) is 0 Å². The third kappa shape index (κ3) is 1.71. The average molecular weight is 158 g/mol. The van der Waals surface area contributed by atoms with E-state index in [1.807, 2.05) is 0 Å². The van der Waals surface area contributed by atoms with E-state index in [1.165, 1.54) is 0 Å². The normalized spacial score (nSPS) is 33.6. The van der Waals surface area contributed by atoms with Gasteiger partial charge >= 0.3 is 5.97 Å². The standard InChI is InChI=1S/C8H14O3/c1-5(8(10)11)6-3-2-4-7(6)9/h5-7,9H,2-4H2,1H3,(H,10,11). The molecule has 2 N–H and O–H groups in total. The van der Waals surface area contributed by atoms with Crippen LogP contribution in [0.15, 0.2) is 0 Å². The van der Waals surface area contributed by atoms with E-state index in [2.05, 4.69) is 0 Å². The van der Waals surface area contributed by atoms with Crippen molar-refractivity contribution in [1.29, 1.82) is 0 Å². The van der Waals surface area contributed by atoms with Crippen LogP contribution in [0.3, 0.4) is 0 Å². The van der Waals surface area contributed by atoms with E-state index in [9.17, 15) is 9.90 Å². The van der Waals surface area contributed by atoms with Gasteiger partial charge in [-0.2, -0.15) is 0 Å². The summed E-state index contributed by atoms with van der Waals surface area (Å²) < 4.78 is 0. The van der Waals surface area contributed by atoms with Gasteiger partial charge in [0.2, 0.25) is 0 Å². The van der Waals surface area contributed by atoms with Gasteiger partial charge < -0.3 is 10.2 Å². The predicted molar refractivity (Wildman–Crippen MR) is 40.1 cm³/mol. The third-order valence-electron chi connectivity index (χ3n) is 2.56. The molecule has 1 fully saturated rings. The summed E-state index contributed by atoms with van der Waals surface area (Å²) in [6, 6.07) is 0. The molecular formula is C8H14O3. The lowest BCUT2D eigenvalue weighted by Gasteiger charge is -2.17. The zero-order valence-corrected chi connectivity index (χ0v) is 6.66. The van der Waals surface area contributed by atoms with Gasteiger partial charge in [0.1, 0.15) is 0 Å². The van der Waals surface area contributed by atoms with Crippen LogP contribution in [-0.4, -0.2) is 22.3 Å². The van der Waals surface area contributed by atoms with Crippen molar-refractivity contribution in [2.75, 3.05) is 0 Å². The van der Waals surface area contributed by atoms with Crippen LogP contribution in [-0.2, 0) is 4.79 Å². The Bertz CT molecular complexity index is 155. The maximum Gasteiger partial charge on any atom is 0.306 e. The van der Waals surface area contributed by atoms with Crippen LogP contribution in [0, 0.1) is 11.8 Å². The van der Waals surface area contributed by atoms with Crippen molar-refractivity contribution in [2.24, 2.45) is 11.8 Å². The molecule has 0 amide bonds. The molecule has 0 radical (unpaired) electrons. The Hall–Kier alpha value is -0.570. The molecule has 11 heavy (non-hydrogen) atoms.